The van der Waals surface area contributed by atoms with Gasteiger partial charge in [-0.1, -0.05) is 34.1 Å². The summed E-state index contributed by atoms with van der Waals surface area (Å²) in [7, 11) is 0. The van der Waals surface area contributed by atoms with Gasteiger partial charge in [0.15, 0.2) is 0 Å². The van der Waals surface area contributed by atoms with E-state index in [2.05, 4.69) is 20.8 Å². The molecule has 0 bridgehead atoms. The van der Waals surface area contributed by atoms with Crippen molar-refractivity contribution in [3.05, 3.63) is 63.6 Å². The second-order valence-electron chi connectivity index (χ2n) is 8.28. The Kier molecular flexibility index (Phi) is 6.89. The highest BCUT2D eigenvalue weighted by Gasteiger charge is 2.37. The number of ether oxygens (including phenoxy) is 1. The summed E-state index contributed by atoms with van der Waals surface area (Å²) < 4.78 is 58.9. The lowest BCUT2D eigenvalue weighted by molar-refractivity contribution is -0.150. The zero-order valence-electron chi connectivity index (χ0n) is 17.0. The van der Waals surface area contributed by atoms with Crippen LogP contribution in [-0.2, 0) is 6.42 Å². The summed E-state index contributed by atoms with van der Waals surface area (Å²) in [6, 6.07) is 12.7. The normalized spacial score (nSPS) is 20.4. The maximum absolute atomic E-state index is 13.2. The number of halogens is 5. The van der Waals surface area contributed by atoms with Gasteiger partial charge in [0.25, 0.3) is 0 Å². The van der Waals surface area contributed by atoms with Crippen molar-refractivity contribution in [2.75, 3.05) is 46.0 Å². The third-order valence-electron chi connectivity index (χ3n) is 5.94. The van der Waals surface area contributed by atoms with Crippen molar-refractivity contribution in [1.82, 2.24) is 9.80 Å². The average molecular weight is 501 g/mol. The summed E-state index contributed by atoms with van der Waals surface area (Å²) in [6.07, 6.45) is -3.67. The van der Waals surface area contributed by atoms with Crippen LogP contribution in [0.2, 0.25) is 0 Å². The molecule has 1 saturated heterocycles. The van der Waals surface area contributed by atoms with Gasteiger partial charge in [-0.05, 0) is 47.4 Å². The monoisotopic (exact) mass is 500 g/mol. The van der Waals surface area contributed by atoms with Gasteiger partial charge in [-0.3, -0.25) is 14.2 Å². The van der Waals surface area contributed by atoms with Crippen molar-refractivity contribution in [1.29, 1.82) is 0 Å². The third-order valence-corrected chi connectivity index (χ3v) is 6.43. The number of alkyl halides is 4. The number of nitrogens with zero attached hydrogens (tertiary/aromatic N) is 2. The maximum atomic E-state index is 13.2. The highest BCUT2D eigenvalue weighted by molar-refractivity contribution is 9.10. The Hall–Kier alpha value is -1.64. The van der Waals surface area contributed by atoms with E-state index in [1.807, 2.05) is 42.5 Å². The summed E-state index contributed by atoms with van der Waals surface area (Å²) in [6.45, 7) is 1.91. The first-order valence-electron chi connectivity index (χ1n) is 10.4. The number of benzene rings is 2. The molecule has 0 aliphatic carbocycles. The molecule has 8 heteroatoms. The molecule has 3 nitrogen and oxygen atoms in total. The molecule has 0 saturated carbocycles. The van der Waals surface area contributed by atoms with Crippen molar-refractivity contribution in [2.24, 2.45) is 5.92 Å². The Morgan fingerprint density at radius 1 is 1.06 bits per heavy atom. The molecular weight excluding hydrogens is 476 g/mol. The van der Waals surface area contributed by atoms with E-state index in [-0.39, 0.29) is 12.6 Å². The lowest BCUT2D eigenvalue weighted by atomic mass is 9.88. The van der Waals surface area contributed by atoms with Gasteiger partial charge in [0.2, 0.25) is 0 Å². The number of hydrogen-bond acceptors (Lipinski definition) is 3. The van der Waals surface area contributed by atoms with Gasteiger partial charge in [0.1, 0.15) is 12.4 Å². The Labute approximate surface area is 188 Å². The fourth-order valence-electron chi connectivity index (χ4n) is 4.43. The molecular formula is C23H25BrF4N2O. The number of rotatable bonds is 7. The molecule has 1 unspecified atom stereocenters. The first-order valence-corrected chi connectivity index (χ1v) is 11.2. The molecule has 2 aliphatic rings. The zero-order chi connectivity index (χ0) is 22.0. The first-order chi connectivity index (χ1) is 14.8. The van der Waals surface area contributed by atoms with Crippen molar-refractivity contribution in [3.8, 4) is 5.75 Å². The van der Waals surface area contributed by atoms with Crippen LogP contribution in [0.25, 0.3) is 0 Å². The fourth-order valence-corrected chi connectivity index (χ4v) is 4.84. The molecule has 0 N–H and O–H groups in total. The standard InChI is InChI=1S/C23H25BrF4N2O/c24-19-3-6-21-18(11-19)7-8-30(15-23(26,27)28)22(21)17-1-4-20(5-2-17)31-10-9-29-13-16(12-25)14-29/h1-6,11,16,22H,7-10,12-15H2. The van der Waals surface area contributed by atoms with E-state index in [0.717, 1.165) is 40.8 Å². The van der Waals surface area contributed by atoms with Crippen molar-refractivity contribution < 1.29 is 22.3 Å². The Morgan fingerprint density at radius 2 is 1.81 bits per heavy atom. The van der Waals surface area contributed by atoms with Gasteiger partial charge in [-0.2, -0.15) is 13.2 Å². The predicted molar refractivity (Wildman–Crippen MR) is 115 cm³/mol. The van der Waals surface area contributed by atoms with Crippen LogP contribution in [0.15, 0.2) is 46.9 Å². The summed E-state index contributed by atoms with van der Waals surface area (Å²) >= 11 is 3.46. The summed E-state index contributed by atoms with van der Waals surface area (Å²) in [4.78, 5) is 3.64. The summed E-state index contributed by atoms with van der Waals surface area (Å²) in [5, 5.41) is 0. The largest absolute Gasteiger partial charge is 0.492 e. The summed E-state index contributed by atoms with van der Waals surface area (Å²) in [5.74, 6) is 0.832. The molecule has 2 aliphatic heterocycles. The number of fused-ring (bicyclic) bond motifs is 1. The van der Waals surface area contributed by atoms with Crippen LogP contribution in [0.5, 0.6) is 5.75 Å². The maximum Gasteiger partial charge on any atom is 0.401 e. The van der Waals surface area contributed by atoms with Crippen LogP contribution in [0.1, 0.15) is 22.7 Å². The molecule has 0 amide bonds. The van der Waals surface area contributed by atoms with E-state index in [9.17, 15) is 17.6 Å². The molecule has 1 atom stereocenters. The van der Waals surface area contributed by atoms with Crippen LogP contribution in [0.4, 0.5) is 17.6 Å². The van der Waals surface area contributed by atoms with E-state index in [4.69, 9.17) is 4.74 Å². The SMILES string of the molecule is FCC1CN(CCOc2ccc(C3c4ccc(Br)cc4CCN3CC(F)(F)F)cc2)C1. The lowest BCUT2D eigenvalue weighted by Crippen LogP contribution is -2.49. The molecule has 0 spiro atoms. The Morgan fingerprint density at radius 3 is 2.48 bits per heavy atom. The predicted octanol–water partition coefficient (Wildman–Crippen LogP) is 5.24. The lowest BCUT2D eigenvalue weighted by Gasteiger charge is -2.38. The molecule has 31 heavy (non-hydrogen) atoms. The van der Waals surface area contributed by atoms with Crippen LogP contribution in [0, 0.1) is 5.92 Å². The zero-order valence-corrected chi connectivity index (χ0v) is 18.6. The van der Waals surface area contributed by atoms with Gasteiger partial charge < -0.3 is 4.74 Å². The minimum Gasteiger partial charge on any atom is -0.492 e. The van der Waals surface area contributed by atoms with E-state index in [1.165, 1.54) is 4.90 Å². The Balaban J connectivity index is 1.46. The number of hydrogen-bond donors (Lipinski definition) is 0. The van der Waals surface area contributed by atoms with Gasteiger partial charge in [-0.25, -0.2) is 0 Å². The smallest absolute Gasteiger partial charge is 0.401 e. The molecule has 4 rings (SSSR count). The van der Waals surface area contributed by atoms with Crippen LogP contribution >= 0.6 is 15.9 Å². The average Bonchev–Trinajstić information content (AvgIpc) is 2.69. The highest BCUT2D eigenvalue weighted by Crippen LogP contribution is 2.38. The van der Waals surface area contributed by atoms with Crippen molar-refractivity contribution in [3.63, 3.8) is 0 Å². The van der Waals surface area contributed by atoms with Gasteiger partial charge >= 0.3 is 6.18 Å². The molecule has 0 aromatic heterocycles. The minimum absolute atomic E-state index is 0.151. The number of likely N-dealkylation sites (tertiary alicyclic amines) is 1. The second-order valence-corrected chi connectivity index (χ2v) is 9.19. The highest BCUT2D eigenvalue weighted by atomic mass is 79.9. The van der Waals surface area contributed by atoms with E-state index in [1.54, 1.807) is 0 Å². The van der Waals surface area contributed by atoms with E-state index in [0.29, 0.717) is 25.3 Å². The summed E-state index contributed by atoms with van der Waals surface area (Å²) in [5.41, 5.74) is 2.79. The van der Waals surface area contributed by atoms with Gasteiger partial charge in [0.05, 0.1) is 19.3 Å². The Bertz CT molecular complexity index is 884. The van der Waals surface area contributed by atoms with Crippen LogP contribution in [-0.4, -0.2) is 62.0 Å². The quantitative estimate of drug-likeness (QED) is 0.483. The third kappa shape index (κ3) is 5.59. The second kappa shape index (κ2) is 9.46. The molecule has 2 aromatic rings. The molecule has 2 heterocycles. The molecule has 2 aromatic carbocycles. The van der Waals surface area contributed by atoms with Crippen molar-refractivity contribution in [2.45, 2.75) is 18.6 Å². The molecule has 0 radical (unpaired) electrons. The van der Waals surface area contributed by atoms with Crippen LogP contribution < -0.4 is 4.74 Å². The topological polar surface area (TPSA) is 15.7 Å². The van der Waals surface area contributed by atoms with E-state index < -0.39 is 18.8 Å². The van der Waals surface area contributed by atoms with Crippen molar-refractivity contribution >= 4 is 15.9 Å². The van der Waals surface area contributed by atoms with Gasteiger partial charge in [0, 0.05) is 36.6 Å². The molecule has 168 valence electrons. The fraction of sp³-hybridized carbons (Fsp3) is 0.478. The van der Waals surface area contributed by atoms with Gasteiger partial charge in [-0.15, -0.1) is 0 Å². The molecule has 1 fully saturated rings. The first kappa shape index (κ1) is 22.6. The van der Waals surface area contributed by atoms with E-state index >= 15 is 0 Å². The minimum atomic E-state index is -4.26. The van der Waals surface area contributed by atoms with Crippen LogP contribution in [0.3, 0.4) is 0 Å².